The molecule has 0 saturated heterocycles. The zero-order chi connectivity index (χ0) is 14.8. The van der Waals surface area contributed by atoms with E-state index in [0.29, 0.717) is 6.42 Å². The van der Waals surface area contributed by atoms with Crippen LogP contribution >= 0.6 is 15.9 Å². The lowest BCUT2D eigenvalue weighted by Gasteiger charge is -2.23. The summed E-state index contributed by atoms with van der Waals surface area (Å²) < 4.78 is 13.8. The minimum atomic E-state index is -0.657. The average molecular weight is 336 g/mol. The van der Waals surface area contributed by atoms with Crippen molar-refractivity contribution in [2.45, 2.75) is 25.7 Å². The zero-order valence-electron chi connectivity index (χ0n) is 11.4. The Balaban J connectivity index is 2.21. The van der Waals surface area contributed by atoms with Crippen LogP contribution in [-0.4, -0.2) is 10.8 Å². The molecule has 0 aliphatic rings. The molecule has 2 nitrogen and oxygen atoms in total. The van der Waals surface area contributed by atoms with Gasteiger partial charge >= 0.3 is 0 Å². The van der Waals surface area contributed by atoms with E-state index < -0.39 is 5.41 Å². The van der Waals surface area contributed by atoms with Crippen LogP contribution < -0.4 is 0 Å². The highest BCUT2D eigenvalue weighted by Gasteiger charge is 2.29. The summed E-state index contributed by atoms with van der Waals surface area (Å²) in [6, 6.07) is 7.96. The number of carbonyl (C=O) groups excluding carboxylic acids is 1. The Morgan fingerprint density at radius 2 is 1.90 bits per heavy atom. The summed E-state index contributed by atoms with van der Waals surface area (Å²) in [6.45, 7) is 3.71. The minimum absolute atomic E-state index is 0.0732. The van der Waals surface area contributed by atoms with Crippen molar-refractivity contribution in [2.24, 2.45) is 0 Å². The molecule has 2 aromatic rings. The van der Waals surface area contributed by atoms with E-state index in [4.69, 9.17) is 0 Å². The van der Waals surface area contributed by atoms with Crippen LogP contribution in [0, 0.1) is 5.82 Å². The second-order valence-electron chi connectivity index (χ2n) is 5.24. The summed E-state index contributed by atoms with van der Waals surface area (Å²) in [4.78, 5) is 16.5. The maximum absolute atomic E-state index is 13.0. The molecule has 4 heteroatoms. The summed E-state index contributed by atoms with van der Waals surface area (Å²) in [5, 5.41) is 0. The van der Waals surface area contributed by atoms with Crippen LogP contribution in [0.5, 0.6) is 0 Å². The van der Waals surface area contributed by atoms with E-state index in [0.717, 1.165) is 15.6 Å². The van der Waals surface area contributed by atoms with Crippen molar-refractivity contribution in [2.75, 3.05) is 0 Å². The summed E-state index contributed by atoms with van der Waals surface area (Å²) in [7, 11) is 0. The number of benzene rings is 1. The van der Waals surface area contributed by atoms with Gasteiger partial charge in [-0.3, -0.25) is 9.78 Å². The quantitative estimate of drug-likeness (QED) is 0.842. The SMILES string of the molecule is CC(C)(C(=O)Cc1cncc(Br)c1)c1ccc(F)cc1. The normalized spacial score (nSPS) is 11.4. The van der Waals surface area contributed by atoms with Gasteiger partial charge in [-0.15, -0.1) is 0 Å². The summed E-state index contributed by atoms with van der Waals surface area (Å²) in [6.07, 6.45) is 3.67. The van der Waals surface area contributed by atoms with Gasteiger partial charge in [0.05, 0.1) is 0 Å². The highest BCUT2D eigenvalue weighted by molar-refractivity contribution is 9.10. The molecule has 0 aliphatic carbocycles. The first-order chi connectivity index (χ1) is 9.39. The van der Waals surface area contributed by atoms with Crippen molar-refractivity contribution in [1.82, 2.24) is 4.98 Å². The van der Waals surface area contributed by atoms with Crippen molar-refractivity contribution in [3.63, 3.8) is 0 Å². The highest BCUT2D eigenvalue weighted by atomic mass is 79.9. The topological polar surface area (TPSA) is 30.0 Å². The predicted molar refractivity (Wildman–Crippen MR) is 80.1 cm³/mol. The first-order valence-corrected chi connectivity index (χ1v) is 7.07. The van der Waals surface area contributed by atoms with E-state index in [1.165, 1.54) is 12.1 Å². The molecule has 0 N–H and O–H groups in total. The van der Waals surface area contributed by atoms with Gasteiger partial charge in [0, 0.05) is 28.7 Å². The van der Waals surface area contributed by atoms with Crippen LogP contribution in [0.2, 0.25) is 0 Å². The van der Waals surface area contributed by atoms with Crippen LogP contribution in [0.3, 0.4) is 0 Å². The number of ketones is 1. The van der Waals surface area contributed by atoms with Gasteiger partial charge in [-0.25, -0.2) is 4.39 Å². The second kappa shape index (κ2) is 5.83. The van der Waals surface area contributed by atoms with E-state index in [9.17, 15) is 9.18 Å². The Bertz CT molecular complexity index is 623. The molecule has 20 heavy (non-hydrogen) atoms. The molecular weight excluding hydrogens is 321 g/mol. The predicted octanol–water partition coefficient (Wildman–Crippen LogP) is 4.07. The molecule has 2 rings (SSSR count). The van der Waals surface area contributed by atoms with Gasteiger partial charge in [0.1, 0.15) is 11.6 Å². The molecule has 0 atom stereocenters. The van der Waals surface area contributed by atoms with E-state index >= 15 is 0 Å². The van der Waals surface area contributed by atoms with Crippen molar-refractivity contribution >= 4 is 21.7 Å². The van der Waals surface area contributed by atoms with Crippen molar-refractivity contribution in [3.05, 3.63) is 64.1 Å². The molecule has 0 unspecified atom stereocenters. The number of Topliss-reactive ketones (excluding diaryl/α,β-unsaturated/α-hetero) is 1. The number of aromatic nitrogens is 1. The molecular formula is C16H15BrFNO. The van der Waals surface area contributed by atoms with Crippen molar-refractivity contribution < 1.29 is 9.18 Å². The first kappa shape index (κ1) is 14.9. The van der Waals surface area contributed by atoms with Crippen LogP contribution in [-0.2, 0) is 16.6 Å². The Morgan fingerprint density at radius 3 is 2.50 bits per heavy atom. The standard InChI is InChI=1S/C16H15BrFNO/c1-16(2,12-3-5-14(18)6-4-12)15(20)8-11-7-13(17)10-19-9-11/h3-7,9-10H,8H2,1-2H3. The summed E-state index contributed by atoms with van der Waals surface area (Å²) >= 11 is 3.34. The number of halogens is 2. The maximum atomic E-state index is 13.0. The molecule has 1 heterocycles. The lowest BCUT2D eigenvalue weighted by molar-refractivity contribution is -0.122. The van der Waals surface area contributed by atoms with Gasteiger partial charge in [0.25, 0.3) is 0 Å². The van der Waals surface area contributed by atoms with Gasteiger partial charge in [0.2, 0.25) is 0 Å². The summed E-state index contributed by atoms with van der Waals surface area (Å²) in [5.74, 6) is -0.225. The Labute approximate surface area is 126 Å². The molecule has 0 fully saturated rings. The molecule has 1 aromatic heterocycles. The third kappa shape index (κ3) is 3.31. The smallest absolute Gasteiger partial charge is 0.147 e. The number of pyridine rings is 1. The van der Waals surface area contributed by atoms with Crippen LogP contribution in [0.4, 0.5) is 4.39 Å². The number of hydrogen-bond acceptors (Lipinski definition) is 2. The lowest BCUT2D eigenvalue weighted by atomic mass is 9.78. The molecule has 0 spiro atoms. The Hall–Kier alpha value is -1.55. The van der Waals surface area contributed by atoms with E-state index in [1.807, 2.05) is 19.9 Å². The molecule has 0 aliphatic heterocycles. The van der Waals surface area contributed by atoms with Gasteiger partial charge in [0.15, 0.2) is 0 Å². The highest BCUT2D eigenvalue weighted by Crippen LogP contribution is 2.26. The second-order valence-corrected chi connectivity index (χ2v) is 6.16. The number of carbonyl (C=O) groups is 1. The third-order valence-corrected chi connectivity index (χ3v) is 3.82. The van der Waals surface area contributed by atoms with E-state index in [-0.39, 0.29) is 11.6 Å². The third-order valence-electron chi connectivity index (χ3n) is 3.39. The van der Waals surface area contributed by atoms with Crippen LogP contribution in [0.15, 0.2) is 47.2 Å². The Morgan fingerprint density at radius 1 is 1.25 bits per heavy atom. The molecule has 0 amide bonds. The van der Waals surface area contributed by atoms with Gasteiger partial charge in [-0.1, -0.05) is 12.1 Å². The molecule has 104 valence electrons. The first-order valence-electron chi connectivity index (χ1n) is 6.28. The molecule has 0 bridgehead atoms. The molecule has 0 saturated carbocycles. The summed E-state index contributed by atoms with van der Waals surface area (Å²) in [5.41, 5.74) is 1.02. The fourth-order valence-electron chi connectivity index (χ4n) is 1.99. The van der Waals surface area contributed by atoms with Gasteiger partial charge in [-0.05, 0) is 59.1 Å². The molecule has 0 radical (unpaired) electrons. The number of nitrogens with zero attached hydrogens (tertiary/aromatic N) is 1. The number of hydrogen-bond donors (Lipinski definition) is 0. The average Bonchev–Trinajstić information content (AvgIpc) is 2.39. The molecule has 1 aromatic carbocycles. The van der Waals surface area contributed by atoms with Crippen molar-refractivity contribution in [3.8, 4) is 0 Å². The monoisotopic (exact) mass is 335 g/mol. The van der Waals surface area contributed by atoms with E-state index in [1.54, 1.807) is 24.5 Å². The van der Waals surface area contributed by atoms with Crippen molar-refractivity contribution in [1.29, 1.82) is 0 Å². The zero-order valence-corrected chi connectivity index (χ0v) is 12.9. The lowest BCUT2D eigenvalue weighted by Crippen LogP contribution is -2.30. The Kier molecular flexibility index (Phi) is 4.33. The fraction of sp³-hybridized carbons (Fsp3) is 0.250. The maximum Gasteiger partial charge on any atom is 0.147 e. The number of rotatable bonds is 4. The van der Waals surface area contributed by atoms with Gasteiger partial charge in [-0.2, -0.15) is 0 Å². The minimum Gasteiger partial charge on any atom is -0.298 e. The van der Waals surface area contributed by atoms with Crippen LogP contribution in [0.25, 0.3) is 0 Å². The fourth-order valence-corrected chi connectivity index (χ4v) is 2.40. The van der Waals surface area contributed by atoms with E-state index in [2.05, 4.69) is 20.9 Å². The largest absolute Gasteiger partial charge is 0.298 e. The van der Waals surface area contributed by atoms with Crippen LogP contribution in [0.1, 0.15) is 25.0 Å². The van der Waals surface area contributed by atoms with Gasteiger partial charge < -0.3 is 0 Å².